The first kappa shape index (κ1) is 25.1. The van der Waals surface area contributed by atoms with Crippen LogP contribution in [-0.2, 0) is 9.47 Å². The van der Waals surface area contributed by atoms with E-state index in [1.807, 2.05) is 51.3 Å². The second-order valence-corrected chi connectivity index (χ2v) is 10.8. The summed E-state index contributed by atoms with van der Waals surface area (Å²) in [4.78, 5) is 18.8. The summed E-state index contributed by atoms with van der Waals surface area (Å²) in [6, 6.07) is 8.17. The molecule has 2 atom stereocenters. The molecule has 5 rings (SSSR count). The van der Waals surface area contributed by atoms with Crippen LogP contribution in [0.5, 0.6) is 5.75 Å². The Bertz CT molecular complexity index is 1210. The third kappa shape index (κ3) is 5.72. The third-order valence-corrected chi connectivity index (χ3v) is 6.95. The fraction of sp³-hybridized carbons (Fsp3) is 0.483. The molecule has 0 bridgehead atoms. The van der Waals surface area contributed by atoms with E-state index in [2.05, 4.69) is 28.5 Å². The van der Waals surface area contributed by atoms with Gasteiger partial charge >= 0.3 is 6.09 Å². The number of carbonyl (C=O) groups is 1. The van der Waals surface area contributed by atoms with Gasteiger partial charge in [-0.2, -0.15) is 5.26 Å². The van der Waals surface area contributed by atoms with E-state index in [1.54, 1.807) is 4.90 Å². The van der Waals surface area contributed by atoms with Gasteiger partial charge in [0, 0.05) is 43.8 Å². The molecule has 0 spiro atoms. The monoisotopic (exact) mass is 502 g/mol. The van der Waals surface area contributed by atoms with Gasteiger partial charge in [-0.25, -0.2) is 4.79 Å². The number of nitriles is 1. The first-order valence-electron chi connectivity index (χ1n) is 13.0. The first-order chi connectivity index (χ1) is 17.8. The number of allylic oxidation sites excluding steroid dienone is 2. The number of benzene rings is 1. The number of nitrogens with zero attached hydrogens (tertiary/aromatic N) is 3. The summed E-state index contributed by atoms with van der Waals surface area (Å²) in [7, 11) is 0. The molecule has 4 aliphatic heterocycles. The highest BCUT2D eigenvalue weighted by Gasteiger charge is 2.34. The van der Waals surface area contributed by atoms with Gasteiger partial charge < -0.3 is 24.4 Å². The minimum atomic E-state index is -0.506. The van der Waals surface area contributed by atoms with Crippen molar-refractivity contribution in [1.82, 2.24) is 10.2 Å². The molecule has 0 aromatic heterocycles. The molecule has 4 heterocycles. The molecule has 0 saturated carbocycles. The summed E-state index contributed by atoms with van der Waals surface area (Å²) in [6.07, 6.45) is 10.3. The summed E-state index contributed by atoms with van der Waals surface area (Å²) in [5.74, 6) is 0.682. The maximum Gasteiger partial charge on any atom is 0.410 e. The number of fused-ring (bicyclic) bond motifs is 1. The Labute approximate surface area is 218 Å². The summed E-state index contributed by atoms with van der Waals surface area (Å²) < 4.78 is 17.1. The number of dihydropyridines is 1. The van der Waals surface area contributed by atoms with Crippen molar-refractivity contribution < 1.29 is 19.0 Å². The summed E-state index contributed by atoms with van der Waals surface area (Å²) in [5.41, 5.74) is 4.38. The van der Waals surface area contributed by atoms with Crippen molar-refractivity contribution in [3.63, 3.8) is 0 Å². The predicted molar refractivity (Wildman–Crippen MR) is 141 cm³/mol. The van der Waals surface area contributed by atoms with Crippen molar-refractivity contribution in [3.05, 3.63) is 58.8 Å². The molecule has 1 saturated heterocycles. The number of hydrogen-bond donors (Lipinski definition) is 1. The zero-order chi connectivity index (χ0) is 26.0. The topological polar surface area (TPSA) is 96.2 Å². The molecule has 1 N–H and O–H groups in total. The van der Waals surface area contributed by atoms with Crippen LogP contribution in [0.3, 0.4) is 0 Å². The van der Waals surface area contributed by atoms with Crippen LogP contribution in [0.25, 0.3) is 5.57 Å². The zero-order valence-electron chi connectivity index (χ0n) is 21.7. The van der Waals surface area contributed by atoms with Crippen LogP contribution in [-0.4, -0.2) is 61.4 Å². The summed E-state index contributed by atoms with van der Waals surface area (Å²) in [5, 5.41) is 13.4. The van der Waals surface area contributed by atoms with Gasteiger partial charge in [-0.1, -0.05) is 12.1 Å². The largest absolute Gasteiger partial charge is 0.489 e. The highest BCUT2D eigenvalue weighted by atomic mass is 16.6. The third-order valence-electron chi connectivity index (χ3n) is 6.95. The minimum Gasteiger partial charge on any atom is -0.489 e. The number of nitrogens with one attached hydrogen (secondary N) is 1. The van der Waals surface area contributed by atoms with Crippen LogP contribution in [0.1, 0.15) is 51.2 Å². The van der Waals surface area contributed by atoms with Gasteiger partial charge in [0.2, 0.25) is 0 Å². The Morgan fingerprint density at radius 3 is 2.78 bits per heavy atom. The van der Waals surface area contributed by atoms with Gasteiger partial charge in [0.1, 0.15) is 29.7 Å². The van der Waals surface area contributed by atoms with E-state index in [0.29, 0.717) is 37.6 Å². The Balaban J connectivity index is 1.30. The van der Waals surface area contributed by atoms with Gasteiger partial charge in [-0.3, -0.25) is 4.99 Å². The second kappa shape index (κ2) is 10.4. The number of hydrogen-bond acceptors (Lipinski definition) is 7. The Morgan fingerprint density at radius 2 is 2.08 bits per heavy atom. The maximum atomic E-state index is 12.4. The SMILES string of the molecule is CC(C)(C)OC(=O)N1CC=C(C2=C[C@@H]3C(c4ccc(OC5CCOCC5)c(C#N)c4)=CC=NC3N2)CC1. The first-order valence-corrected chi connectivity index (χ1v) is 13.0. The van der Waals surface area contributed by atoms with Crippen molar-refractivity contribution >= 4 is 17.9 Å². The highest BCUT2D eigenvalue weighted by Crippen LogP contribution is 2.38. The summed E-state index contributed by atoms with van der Waals surface area (Å²) >= 11 is 0. The second-order valence-electron chi connectivity index (χ2n) is 10.8. The fourth-order valence-electron chi connectivity index (χ4n) is 5.05. The van der Waals surface area contributed by atoms with Crippen LogP contribution in [0.15, 0.2) is 52.7 Å². The van der Waals surface area contributed by atoms with E-state index in [1.165, 1.54) is 5.57 Å². The zero-order valence-corrected chi connectivity index (χ0v) is 21.7. The average molecular weight is 503 g/mol. The van der Waals surface area contributed by atoms with Crippen LogP contribution >= 0.6 is 0 Å². The highest BCUT2D eigenvalue weighted by molar-refractivity contribution is 5.89. The molecule has 1 aromatic carbocycles. The van der Waals surface area contributed by atoms with Crippen LogP contribution < -0.4 is 10.1 Å². The van der Waals surface area contributed by atoms with Crippen LogP contribution in [0.2, 0.25) is 0 Å². The average Bonchev–Trinajstić information content (AvgIpc) is 3.33. The van der Waals surface area contributed by atoms with Gasteiger partial charge in [-0.05, 0) is 68.2 Å². The molecular weight excluding hydrogens is 468 g/mol. The normalized spacial score (nSPS) is 23.7. The van der Waals surface area contributed by atoms with E-state index in [0.717, 1.165) is 36.1 Å². The van der Waals surface area contributed by atoms with E-state index in [-0.39, 0.29) is 24.3 Å². The van der Waals surface area contributed by atoms with E-state index in [4.69, 9.17) is 14.2 Å². The number of aliphatic imine (C=N–C) groups is 1. The van der Waals surface area contributed by atoms with Crippen molar-refractivity contribution in [1.29, 1.82) is 5.26 Å². The molecule has 4 aliphatic rings. The van der Waals surface area contributed by atoms with Crippen molar-refractivity contribution in [2.75, 3.05) is 26.3 Å². The smallest absolute Gasteiger partial charge is 0.410 e. The van der Waals surface area contributed by atoms with Crippen molar-refractivity contribution in [3.8, 4) is 11.8 Å². The number of carbonyl (C=O) groups excluding carboxylic acids is 1. The van der Waals surface area contributed by atoms with Crippen LogP contribution in [0.4, 0.5) is 4.79 Å². The van der Waals surface area contributed by atoms with Crippen LogP contribution in [0, 0.1) is 17.2 Å². The Kier molecular flexibility index (Phi) is 7.07. The molecule has 1 fully saturated rings. The molecule has 1 aromatic rings. The van der Waals surface area contributed by atoms with Gasteiger partial charge in [0.25, 0.3) is 0 Å². The fourth-order valence-corrected chi connectivity index (χ4v) is 5.05. The van der Waals surface area contributed by atoms with Crippen molar-refractivity contribution in [2.45, 2.75) is 57.9 Å². The number of rotatable bonds is 4. The molecule has 8 nitrogen and oxygen atoms in total. The maximum absolute atomic E-state index is 12.4. The minimum absolute atomic E-state index is 0.0542. The van der Waals surface area contributed by atoms with Crippen molar-refractivity contribution in [2.24, 2.45) is 10.9 Å². The lowest BCUT2D eigenvalue weighted by Crippen LogP contribution is -2.39. The summed E-state index contributed by atoms with van der Waals surface area (Å²) in [6.45, 7) is 8.15. The van der Waals surface area contributed by atoms with Gasteiger partial charge in [0.15, 0.2) is 0 Å². The lowest BCUT2D eigenvalue weighted by molar-refractivity contribution is 0.0253. The number of ether oxygens (including phenoxy) is 3. The molecule has 8 heteroatoms. The Hall–Kier alpha value is -3.57. The van der Waals surface area contributed by atoms with E-state index < -0.39 is 5.60 Å². The molecule has 1 amide bonds. The lowest BCUT2D eigenvalue weighted by Gasteiger charge is -2.30. The quantitative estimate of drug-likeness (QED) is 0.648. The number of amides is 1. The lowest BCUT2D eigenvalue weighted by atomic mass is 9.88. The van der Waals surface area contributed by atoms with Gasteiger partial charge in [0.05, 0.1) is 18.8 Å². The molecular formula is C29H34N4O4. The van der Waals surface area contributed by atoms with Gasteiger partial charge in [-0.15, -0.1) is 0 Å². The molecule has 37 heavy (non-hydrogen) atoms. The standard InChI is InChI=1S/C29H34N4O4/c1-29(2,3)37-28(34)33-12-7-19(8-13-33)25-17-24-23(6-11-31-27(24)32-25)20-4-5-26(21(16-20)18-30)36-22-9-14-35-15-10-22/h4-7,11,16-17,22,24,27,32H,8-10,12-15H2,1-3H3/t24-,27?/m1/s1. The molecule has 194 valence electrons. The predicted octanol–water partition coefficient (Wildman–Crippen LogP) is 4.58. The van der Waals surface area contributed by atoms with E-state index >= 15 is 0 Å². The molecule has 1 unspecified atom stereocenters. The van der Waals surface area contributed by atoms with E-state index in [9.17, 15) is 10.1 Å². The molecule has 0 radical (unpaired) electrons. The Morgan fingerprint density at radius 1 is 1.27 bits per heavy atom. The molecule has 0 aliphatic carbocycles.